The van der Waals surface area contributed by atoms with Crippen molar-refractivity contribution in [3.63, 3.8) is 0 Å². The topological polar surface area (TPSA) is 125 Å². The normalized spacial score (nSPS) is 22.8. The van der Waals surface area contributed by atoms with Crippen LogP contribution in [0.25, 0.3) is 0 Å². The molecule has 1 aliphatic heterocycles. The van der Waals surface area contributed by atoms with E-state index in [0.29, 0.717) is 0 Å². The Bertz CT molecular complexity index is 409. The summed E-state index contributed by atoms with van der Waals surface area (Å²) in [4.78, 5) is 44.5. The molecule has 102 valence electrons. The van der Waals surface area contributed by atoms with Gasteiger partial charge in [0.05, 0.1) is 0 Å². The van der Waals surface area contributed by atoms with E-state index in [-0.39, 0.29) is 0 Å². The molecule has 1 aliphatic rings. The summed E-state index contributed by atoms with van der Waals surface area (Å²) in [6.07, 6.45) is -1.40. The number of carbonyl (C=O) groups excluding carboxylic acids is 4. The number of hydrogen-bond acceptors (Lipinski definition) is 9. The van der Waals surface area contributed by atoms with Crippen LogP contribution in [0, 0.1) is 0 Å². The number of hydrogen-bond donors (Lipinski definition) is 1. The Kier molecular flexibility index (Phi) is 6.57. The first-order valence-electron chi connectivity index (χ1n) is 4.84. The number of rotatable bonds is 4. The minimum absolute atomic E-state index is 0.569. The Morgan fingerprint density at radius 2 is 2.11 bits per heavy atom. The molecule has 1 rings (SSSR count). The average Bonchev–Trinajstić information content (AvgIpc) is 2.38. The summed E-state index contributed by atoms with van der Waals surface area (Å²) in [6.45, 7) is 1.17. The third-order valence-corrected chi connectivity index (χ3v) is 6.79. The number of carbonyl (C=O) groups is 4. The Balaban J connectivity index is 2.56. The first-order valence-corrected chi connectivity index (χ1v) is 11.2. The van der Waals surface area contributed by atoms with Crippen LogP contribution < -0.4 is 0 Å². The molecule has 11 heteroatoms. The van der Waals surface area contributed by atoms with Gasteiger partial charge in [-0.1, -0.05) is 0 Å². The molecule has 1 fully saturated rings. The summed E-state index contributed by atoms with van der Waals surface area (Å²) >= 11 is -4.65. The van der Waals surface area contributed by atoms with E-state index in [1.807, 2.05) is 0 Å². The van der Waals surface area contributed by atoms with Crippen molar-refractivity contribution in [1.82, 2.24) is 0 Å². The molecule has 0 aromatic rings. The standard InChI is InChI=1S/C6H8O7.C2H4O2.2Pb/c7-3(8)1-6(13,5(11)12)2-4(9)10;1-2(3)4;;/h13H,1-2H2,(H,7,8)(H,9,10)(H,11,12);1H3,(H,3,4);;/q;;2*+2/p-4. The first-order chi connectivity index (χ1) is 8.83. The van der Waals surface area contributed by atoms with E-state index in [1.165, 1.54) is 6.92 Å². The molecular formula is C8H8O9Pb2. The van der Waals surface area contributed by atoms with Crippen LogP contribution >= 0.6 is 0 Å². The molecule has 0 bridgehead atoms. The zero-order valence-electron chi connectivity index (χ0n) is 9.63. The summed E-state index contributed by atoms with van der Waals surface area (Å²) in [5.74, 6) is -3.33. The van der Waals surface area contributed by atoms with Crippen molar-refractivity contribution in [2.45, 2.75) is 25.4 Å². The van der Waals surface area contributed by atoms with Crippen LogP contribution in [0.1, 0.15) is 19.8 Å². The molecule has 1 atom stereocenters. The van der Waals surface area contributed by atoms with E-state index in [0.717, 1.165) is 0 Å². The summed E-state index contributed by atoms with van der Waals surface area (Å²) in [7, 11) is 0. The Morgan fingerprint density at radius 3 is 2.74 bits per heavy atom. The first kappa shape index (κ1) is 16.7. The summed E-state index contributed by atoms with van der Waals surface area (Å²) < 4.78 is 18.4. The molecule has 1 N–H and O–H groups in total. The van der Waals surface area contributed by atoms with Crippen molar-refractivity contribution in [1.29, 1.82) is 0 Å². The van der Waals surface area contributed by atoms with E-state index in [4.69, 9.17) is 0 Å². The van der Waals surface area contributed by atoms with Gasteiger partial charge in [-0.05, 0) is 0 Å². The van der Waals surface area contributed by atoms with Crippen molar-refractivity contribution in [3.05, 3.63) is 0 Å². The van der Waals surface area contributed by atoms with Gasteiger partial charge in [-0.15, -0.1) is 0 Å². The molecule has 0 aromatic heterocycles. The Labute approximate surface area is 133 Å². The fourth-order valence-electron chi connectivity index (χ4n) is 1.08. The number of aliphatic hydroxyl groups is 1. The second-order valence-electron chi connectivity index (χ2n) is 3.48. The molecular weight excluding hydrogens is 654 g/mol. The maximum atomic E-state index is 11.5. The predicted molar refractivity (Wildman–Crippen MR) is 55.7 cm³/mol. The maximum absolute atomic E-state index is 11.5. The fourth-order valence-corrected chi connectivity index (χ4v) is 4.18. The quantitative estimate of drug-likeness (QED) is 0.334. The van der Waals surface area contributed by atoms with Crippen molar-refractivity contribution in [2.24, 2.45) is 0 Å². The van der Waals surface area contributed by atoms with E-state index in [1.54, 1.807) is 0 Å². The van der Waals surface area contributed by atoms with E-state index >= 15 is 0 Å². The van der Waals surface area contributed by atoms with Crippen molar-refractivity contribution < 1.29 is 35.0 Å². The summed E-state index contributed by atoms with van der Waals surface area (Å²) in [5, 5.41) is 9.94. The van der Waals surface area contributed by atoms with Crippen LogP contribution in [0.2, 0.25) is 0 Å². The second-order valence-corrected chi connectivity index (χ2v) is 7.95. The average molecular weight is 663 g/mol. The Hall–Kier alpha value is -0.316. The van der Waals surface area contributed by atoms with Gasteiger partial charge < -0.3 is 0 Å². The van der Waals surface area contributed by atoms with Gasteiger partial charge >= 0.3 is 135 Å². The summed E-state index contributed by atoms with van der Waals surface area (Å²) in [5.41, 5.74) is -2.27. The van der Waals surface area contributed by atoms with E-state index in [9.17, 15) is 24.3 Å². The van der Waals surface area contributed by atoms with Crippen LogP contribution in [0.4, 0.5) is 0 Å². The molecule has 0 spiro atoms. The zero-order valence-corrected chi connectivity index (χ0v) is 17.4. The van der Waals surface area contributed by atoms with Gasteiger partial charge in [0.25, 0.3) is 0 Å². The molecule has 1 heterocycles. The minimum atomic E-state index is -2.35. The molecule has 0 saturated carbocycles. The van der Waals surface area contributed by atoms with Crippen LogP contribution in [0.5, 0.6) is 0 Å². The molecule has 1 unspecified atom stereocenters. The van der Waals surface area contributed by atoms with E-state index < -0.39 is 92.6 Å². The Morgan fingerprint density at radius 1 is 1.42 bits per heavy atom. The zero-order chi connectivity index (χ0) is 14.5. The van der Waals surface area contributed by atoms with Gasteiger partial charge in [0.2, 0.25) is 0 Å². The monoisotopic (exact) mass is 664 g/mol. The molecule has 0 aromatic carbocycles. The van der Waals surface area contributed by atoms with Crippen LogP contribution in [-0.4, -0.2) is 84.9 Å². The van der Waals surface area contributed by atoms with Crippen LogP contribution in [0.15, 0.2) is 0 Å². The van der Waals surface area contributed by atoms with Gasteiger partial charge in [0, 0.05) is 0 Å². The fraction of sp³-hybridized carbons (Fsp3) is 0.500. The van der Waals surface area contributed by atoms with Crippen molar-refractivity contribution in [2.75, 3.05) is 0 Å². The van der Waals surface area contributed by atoms with Gasteiger partial charge in [-0.2, -0.15) is 0 Å². The molecule has 9 nitrogen and oxygen atoms in total. The molecule has 0 aliphatic carbocycles. The van der Waals surface area contributed by atoms with Crippen molar-refractivity contribution >= 4 is 74.2 Å². The van der Waals surface area contributed by atoms with Crippen LogP contribution in [-0.2, 0) is 29.9 Å². The molecule has 0 amide bonds. The molecule has 19 heavy (non-hydrogen) atoms. The van der Waals surface area contributed by atoms with Gasteiger partial charge in [-0.25, -0.2) is 0 Å². The SMILES string of the molecule is CC(=O)[O][Pb][O]C(=O)CC1(O)CC(=O)[O][Pb][O]C1=O. The second kappa shape index (κ2) is 7.46. The van der Waals surface area contributed by atoms with E-state index in [2.05, 4.69) is 10.7 Å². The van der Waals surface area contributed by atoms with Crippen LogP contribution in [0.3, 0.4) is 0 Å². The molecule has 1 saturated heterocycles. The predicted octanol–water partition coefficient (Wildman–Crippen LogP) is -2.23. The van der Waals surface area contributed by atoms with Gasteiger partial charge in [0.1, 0.15) is 0 Å². The van der Waals surface area contributed by atoms with Gasteiger partial charge in [0.15, 0.2) is 0 Å². The third-order valence-electron chi connectivity index (χ3n) is 1.88. The summed E-state index contributed by atoms with van der Waals surface area (Å²) in [6, 6.07) is 0. The molecule has 4 radical (unpaired) electrons. The van der Waals surface area contributed by atoms with Gasteiger partial charge in [-0.3, -0.25) is 0 Å². The third kappa shape index (κ3) is 5.68. The van der Waals surface area contributed by atoms with Crippen molar-refractivity contribution in [3.8, 4) is 0 Å².